The summed E-state index contributed by atoms with van der Waals surface area (Å²) in [7, 11) is 1.59. The predicted molar refractivity (Wildman–Crippen MR) is 62.0 cm³/mol. The third kappa shape index (κ3) is 3.36. The fraction of sp³-hybridized carbons (Fsp3) is 0.455. The maximum Gasteiger partial charge on any atom is 0.125 e. The van der Waals surface area contributed by atoms with Crippen molar-refractivity contribution in [3.8, 4) is 0 Å². The van der Waals surface area contributed by atoms with E-state index in [-0.39, 0.29) is 12.4 Å². The highest BCUT2D eigenvalue weighted by Crippen LogP contribution is 2.23. The zero-order valence-electron chi connectivity index (χ0n) is 9.32. The third-order valence-corrected chi connectivity index (χ3v) is 2.27. The largest absolute Gasteiger partial charge is 0.397 e. The minimum atomic E-state index is -0.343. The Morgan fingerprint density at radius 1 is 1.44 bits per heavy atom. The lowest BCUT2D eigenvalue weighted by atomic mass is 10.2. The van der Waals surface area contributed by atoms with Gasteiger partial charge < -0.3 is 20.5 Å². The molecule has 0 atom stereocenters. The molecule has 90 valence electrons. The molecule has 0 saturated heterocycles. The highest BCUT2D eigenvalue weighted by Gasteiger charge is 2.10. The normalized spacial score (nSPS) is 10.4. The summed E-state index contributed by atoms with van der Waals surface area (Å²) in [5, 5.41) is 8.94. The maximum absolute atomic E-state index is 13.1. The number of nitrogen functional groups attached to an aromatic ring is 1. The van der Waals surface area contributed by atoms with E-state index in [2.05, 4.69) is 0 Å². The predicted octanol–water partition coefficient (Wildman–Crippen LogP) is 0.853. The van der Waals surface area contributed by atoms with E-state index in [9.17, 15) is 4.39 Å². The van der Waals surface area contributed by atoms with Gasteiger partial charge in [-0.15, -0.1) is 0 Å². The Bertz CT molecular complexity index is 334. The molecule has 5 heteroatoms. The van der Waals surface area contributed by atoms with Crippen LogP contribution in [0.25, 0.3) is 0 Å². The molecule has 1 rings (SSSR count). The Balaban J connectivity index is 2.85. The van der Waals surface area contributed by atoms with Crippen molar-refractivity contribution in [1.29, 1.82) is 0 Å². The van der Waals surface area contributed by atoms with Crippen LogP contribution in [0.1, 0.15) is 0 Å². The number of aliphatic hydroxyl groups excluding tert-OH is 1. The molecule has 1 aromatic carbocycles. The number of halogens is 1. The van der Waals surface area contributed by atoms with E-state index >= 15 is 0 Å². The second kappa shape index (κ2) is 6.30. The molecule has 3 N–H and O–H groups in total. The van der Waals surface area contributed by atoms with Crippen LogP contribution in [-0.4, -0.2) is 38.5 Å². The molecule has 0 bridgehead atoms. The fourth-order valence-electron chi connectivity index (χ4n) is 1.47. The topological polar surface area (TPSA) is 58.7 Å². The molecule has 16 heavy (non-hydrogen) atoms. The highest BCUT2D eigenvalue weighted by atomic mass is 19.1. The molecule has 4 nitrogen and oxygen atoms in total. The van der Waals surface area contributed by atoms with E-state index in [0.717, 1.165) is 0 Å². The Morgan fingerprint density at radius 3 is 2.81 bits per heavy atom. The first-order chi connectivity index (χ1) is 7.69. The van der Waals surface area contributed by atoms with Crippen LogP contribution in [0.3, 0.4) is 0 Å². The van der Waals surface area contributed by atoms with E-state index in [1.54, 1.807) is 12.0 Å². The number of aliphatic hydroxyl groups is 1. The lowest BCUT2D eigenvalue weighted by molar-refractivity contribution is 0.203. The van der Waals surface area contributed by atoms with Gasteiger partial charge >= 0.3 is 0 Å². The van der Waals surface area contributed by atoms with Gasteiger partial charge in [-0.3, -0.25) is 0 Å². The van der Waals surface area contributed by atoms with Crippen LogP contribution in [0.15, 0.2) is 18.2 Å². The maximum atomic E-state index is 13.1. The summed E-state index contributed by atoms with van der Waals surface area (Å²) < 4.78 is 18.0. The number of nitrogens with two attached hydrogens (primary N) is 1. The summed E-state index contributed by atoms with van der Waals surface area (Å²) in [6.07, 6.45) is 0. The number of methoxy groups -OCH3 is 1. The Kier molecular flexibility index (Phi) is 5.01. The Morgan fingerprint density at radius 2 is 2.19 bits per heavy atom. The van der Waals surface area contributed by atoms with Gasteiger partial charge in [-0.05, 0) is 18.2 Å². The van der Waals surface area contributed by atoms with Gasteiger partial charge in [0, 0.05) is 20.2 Å². The van der Waals surface area contributed by atoms with Crippen molar-refractivity contribution in [1.82, 2.24) is 0 Å². The second-order valence-electron chi connectivity index (χ2n) is 3.41. The van der Waals surface area contributed by atoms with E-state index in [4.69, 9.17) is 15.6 Å². The first-order valence-electron chi connectivity index (χ1n) is 5.08. The first-order valence-corrected chi connectivity index (χ1v) is 5.08. The average Bonchev–Trinajstić information content (AvgIpc) is 2.28. The van der Waals surface area contributed by atoms with E-state index < -0.39 is 0 Å². The molecule has 0 aliphatic carbocycles. The monoisotopic (exact) mass is 228 g/mol. The van der Waals surface area contributed by atoms with Gasteiger partial charge in [-0.1, -0.05) is 0 Å². The molecule has 0 amide bonds. The average molecular weight is 228 g/mol. The van der Waals surface area contributed by atoms with Crippen molar-refractivity contribution in [2.45, 2.75) is 0 Å². The Labute approximate surface area is 94.4 Å². The molecule has 0 radical (unpaired) electrons. The molecule has 0 aliphatic heterocycles. The number of benzene rings is 1. The minimum Gasteiger partial charge on any atom is -0.397 e. The number of hydrogen-bond donors (Lipinski definition) is 2. The number of anilines is 2. The quantitative estimate of drug-likeness (QED) is 0.709. The van der Waals surface area contributed by atoms with E-state index in [0.29, 0.717) is 31.1 Å². The fourth-order valence-corrected chi connectivity index (χ4v) is 1.47. The van der Waals surface area contributed by atoms with Crippen LogP contribution in [-0.2, 0) is 4.74 Å². The van der Waals surface area contributed by atoms with Crippen molar-refractivity contribution in [3.63, 3.8) is 0 Å². The molecule has 0 unspecified atom stereocenters. The number of hydrogen-bond acceptors (Lipinski definition) is 4. The SMILES string of the molecule is COCCN(CCO)c1cc(F)ccc1N. The summed E-state index contributed by atoms with van der Waals surface area (Å²) in [4.78, 5) is 1.79. The zero-order valence-corrected chi connectivity index (χ0v) is 9.32. The standard InChI is InChI=1S/C11H17FN2O2/c1-16-7-5-14(4-6-15)11-8-9(12)2-3-10(11)13/h2-3,8,15H,4-7,13H2,1H3. The molecule has 0 heterocycles. The lowest BCUT2D eigenvalue weighted by Gasteiger charge is -2.25. The zero-order chi connectivity index (χ0) is 12.0. The van der Waals surface area contributed by atoms with Crippen molar-refractivity contribution in [2.24, 2.45) is 0 Å². The van der Waals surface area contributed by atoms with Crippen LogP contribution in [0.5, 0.6) is 0 Å². The van der Waals surface area contributed by atoms with E-state index in [1.165, 1.54) is 18.2 Å². The highest BCUT2D eigenvalue weighted by molar-refractivity contribution is 5.67. The first kappa shape index (κ1) is 12.7. The summed E-state index contributed by atoms with van der Waals surface area (Å²) >= 11 is 0. The summed E-state index contributed by atoms with van der Waals surface area (Å²) in [6, 6.07) is 4.19. The molecule has 0 spiro atoms. The van der Waals surface area contributed by atoms with Crippen LogP contribution in [0, 0.1) is 5.82 Å². The minimum absolute atomic E-state index is 0.0142. The second-order valence-corrected chi connectivity index (χ2v) is 3.41. The summed E-state index contributed by atoms with van der Waals surface area (Å²) in [5.74, 6) is -0.343. The van der Waals surface area contributed by atoms with Gasteiger partial charge in [0.05, 0.1) is 24.6 Å². The lowest BCUT2D eigenvalue weighted by Crippen LogP contribution is -2.30. The van der Waals surface area contributed by atoms with Gasteiger partial charge in [0.2, 0.25) is 0 Å². The van der Waals surface area contributed by atoms with Gasteiger partial charge in [0.1, 0.15) is 5.82 Å². The molecule has 0 fully saturated rings. The molecular weight excluding hydrogens is 211 g/mol. The molecule has 0 aromatic heterocycles. The Hall–Kier alpha value is -1.33. The van der Waals surface area contributed by atoms with Crippen LogP contribution >= 0.6 is 0 Å². The molecule has 0 saturated carbocycles. The van der Waals surface area contributed by atoms with Crippen molar-refractivity contribution in [2.75, 3.05) is 44.0 Å². The van der Waals surface area contributed by atoms with Gasteiger partial charge in [0.15, 0.2) is 0 Å². The van der Waals surface area contributed by atoms with Crippen molar-refractivity contribution >= 4 is 11.4 Å². The molecule has 0 aliphatic rings. The smallest absolute Gasteiger partial charge is 0.125 e. The molecular formula is C11H17FN2O2. The van der Waals surface area contributed by atoms with Crippen molar-refractivity contribution in [3.05, 3.63) is 24.0 Å². The molecule has 1 aromatic rings. The van der Waals surface area contributed by atoms with Gasteiger partial charge in [0.25, 0.3) is 0 Å². The summed E-state index contributed by atoms with van der Waals surface area (Å²) in [5.41, 5.74) is 6.84. The number of nitrogens with zero attached hydrogens (tertiary/aromatic N) is 1. The van der Waals surface area contributed by atoms with E-state index in [1.807, 2.05) is 0 Å². The van der Waals surface area contributed by atoms with Crippen LogP contribution in [0.2, 0.25) is 0 Å². The third-order valence-electron chi connectivity index (χ3n) is 2.27. The van der Waals surface area contributed by atoms with Crippen LogP contribution in [0.4, 0.5) is 15.8 Å². The number of rotatable bonds is 6. The number of ether oxygens (including phenoxy) is 1. The summed E-state index contributed by atoms with van der Waals surface area (Å²) in [6.45, 7) is 1.44. The van der Waals surface area contributed by atoms with Crippen LogP contribution < -0.4 is 10.6 Å². The van der Waals surface area contributed by atoms with Gasteiger partial charge in [-0.25, -0.2) is 4.39 Å². The van der Waals surface area contributed by atoms with Gasteiger partial charge in [-0.2, -0.15) is 0 Å². The van der Waals surface area contributed by atoms with Crippen molar-refractivity contribution < 1.29 is 14.2 Å².